The molecule has 0 aliphatic rings. The summed E-state index contributed by atoms with van der Waals surface area (Å²) in [6.45, 7) is 0.947. The van der Waals surface area contributed by atoms with Crippen LogP contribution in [0.3, 0.4) is 0 Å². The minimum atomic E-state index is -0.126. The van der Waals surface area contributed by atoms with Gasteiger partial charge in [-0.1, -0.05) is 12.1 Å². The molecule has 1 aromatic carbocycles. The van der Waals surface area contributed by atoms with E-state index in [1.807, 2.05) is 0 Å². The highest BCUT2D eigenvalue weighted by molar-refractivity contribution is 6.18. The van der Waals surface area contributed by atoms with Crippen molar-refractivity contribution in [2.75, 3.05) is 30.6 Å². The fourth-order valence-corrected chi connectivity index (χ4v) is 1.79. The Morgan fingerprint density at radius 1 is 1.19 bits per heavy atom. The maximum absolute atomic E-state index is 12.1. The lowest BCUT2D eigenvalue weighted by Gasteiger charge is -2.21. The van der Waals surface area contributed by atoms with Crippen molar-refractivity contribution in [1.82, 2.24) is 4.90 Å². The van der Waals surface area contributed by atoms with Crippen molar-refractivity contribution in [3.05, 3.63) is 29.8 Å². The molecule has 1 amide bonds. The monoisotopic (exact) mass is 260 g/mol. The van der Waals surface area contributed by atoms with Crippen LogP contribution in [0.25, 0.3) is 0 Å². The maximum atomic E-state index is 12.1. The molecule has 1 aromatic rings. The van der Waals surface area contributed by atoms with Gasteiger partial charge in [0.15, 0.2) is 0 Å². The van der Waals surface area contributed by atoms with Crippen LogP contribution >= 0.6 is 23.2 Å². The van der Waals surface area contributed by atoms with E-state index in [-0.39, 0.29) is 5.91 Å². The molecule has 0 aliphatic carbocycles. The summed E-state index contributed by atoms with van der Waals surface area (Å²) < 4.78 is 0. The Bertz CT molecular complexity index is 352. The van der Waals surface area contributed by atoms with Gasteiger partial charge in [-0.05, 0) is 12.1 Å². The van der Waals surface area contributed by atoms with Crippen molar-refractivity contribution in [1.29, 1.82) is 0 Å². The molecule has 16 heavy (non-hydrogen) atoms. The number of halogens is 2. The number of para-hydroxylation sites is 1. The number of rotatable bonds is 5. The number of alkyl halides is 2. The molecular formula is C11H14Cl2N2O. The summed E-state index contributed by atoms with van der Waals surface area (Å²) in [4.78, 5) is 13.7. The van der Waals surface area contributed by atoms with Crippen LogP contribution in [0.1, 0.15) is 10.4 Å². The van der Waals surface area contributed by atoms with E-state index in [0.29, 0.717) is 36.1 Å². The Labute approximate surface area is 105 Å². The molecule has 3 nitrogen and oxygen atoms in total. The fraction of sp³-hybridized carbons (Fsp3) is 0.364. The van der Waals surface area contributed by atoms with Crippen LogP contribution in [0, 0.1) is 0 Å². The van der Waals surface area contributed by atoms with Gasteiger partial charge in [-0.25, -0.2) is 0 Å². The predicted molar refractivity (Wildman–Crippen MR) is 68.2 cm³/mol. The number of nitrogen functional groups attached to an aromatic ring is 1. The molecule has 88 valence electrons. The highest BCUT2D eigenvalue weighted by Crippen LogP contribution is 2.13. The summed E-state index contributed by atoms with van der Waals surface area (Å²) in [7, 11) is 0. The summed E-state index contributed by atoms with van der Waals surface area (Å²) in [6, 6.07) is 6.97. The molecule has 0 saturated heterocycles. The zero-order valence-electron chi connectivity index (χ0n) is 8.83. The number of carbonyl (C=O) groups excluding carboxylic acids is 1. The van der Waals surface area contributed by atoms with Crippen LogP contribution in [-0.2, 0) is 0 Å². The first-order valence-corrected chi connectivity index (χ1v) is 6.03. The Kier molecular flexibility index (Phi) is 5.43. The molecule has 0 atom stereocenters. The van der Waals surface area contributed by atoms with E-state index in [0.717, 1.165) is 0 Å². The Balaban J connectivity index is 2.85. The Hall–Kier alpha value is -0.930. The third-order valence-corrected chi connectivity index (χ3v) is 2.53. The molecule has 1 rings (SSSR count). The van der Waals surface area contributed by atoms with Crippen molar-refractivity contribution in [2.45, 2.75) is 0 Å². The van der Waals surface area contributed by atoms with E-state index < -0.39 is 0 Å². The molecule has 0 saturated carbocycles. The van der Waals surface area contributed by atoms with Gasteiger partial charge in [0, 0.05) is 30.5 Å². The molecule has 0 radical (unpaired) electrons. The van der Waals surface area contributed by atoms with E-state index >= 15 is 0 Å². The molecule has 2 N–H and O–H groups in total. The highest BCUT2D eigenvalue weighted by Gasteiger charge is 2.16. The Morgan fingerprint density at radius 3 is 2.25 bits per heavy atom. The number of hydrogen-bond acceptors (Lipinski definition) is 2. The quantitative estimate of drug-likeness (QED) is 0.652. The number of nitrogens with zero attached hydrogens (tertiary/aromatic N) is 1. The first-order valence-electron chi connectivity index (χ1n) is 4.96. The second-order valence-corrected chi connectivity index (χ2v) is 4.01. The summed E-state index contributed by atoms with van der Waals surface area (Å²) in [5.74, 6) is 0.643. The third-order valence-electron chi connectivity index (χ3n) is 2.19. The van der Waals surface area contributed by atoms with Gasteiger partial charge in [-0.3, -0.25) is 4.79 Å². The lowest BCUT2D eigenvalue weighted by Crippen LogP contribution is -2.34. The number of carbonyl (C=O) groups is 1. The molecule has 5 heteroatoms. The first-order chi connectivity index (χ1) is 7.70. The minimum absolute atomic E-state index is 0.126. The SMILES string of the molecule is Nc1ccccc1C(=O)N(CCCl)CCCl. The lowest BCUT2D eigenvalue weighted by atomic mass is 10.1. The largest absolute Gasteiger partial charge is 0.398 e. The summed E-state index contributed by atoms with van der Waals surface area (Å²) in [6.07, 6.45) is 0. The van der Waals surface area contributed by atoms with Gasteiger partial charge in [-0.15, -0.1) is 23.2 Å². The molecule has 0 fully saturated rings. The zero-order valence-corrected chi connectivity index (χ0v) is 10.3. The van der Waals surface area contributed by atoms with Gasteiger partial charge in [-0.2, -0.15) is 0 Å². The van der Waals surface area contributed by atoms with Gasteiger partial charge in [0.1, 0.15) is 0 Å². The first kappa shape index (κ1) is 13.1. The van der Waals surface area contributed by atoms with Gasteiger partial charge in [0.2, 0.25) is 0 Å². The molecule has 0 bridgehead atoms. The second kappa shape index (κ2) is 6.61. The van der Waals surface area contributed by atoms with Crippen LogP contribution in [0.4, 0.5) is 5.69 Å². The molecule has 0 aliphatic heterocycles. The van der Waals surface area contributed by atoms with Gasteiger partial charge in [0.05, 0.1) is 5.56 Å². The maximum Gasteiger partial charge on any atom is 0.256 e. The van der Waals surface area contributed by atoms with E-state index in [1.165, 1.54) is 0 Å². The fourth-order valence-electron chi connectivity index (χ4n) is 1.38. The van der Waals surface area contributed by atoms with Gasteiger partial charge < -0.3 is 10.6 Å². The number of benzene rings is 1. The van der Waals surface area contributed by atoms with Gasteiger partial charge >= 0.3 is 0 Å². The van der Waals surface area contributed by atoms with Crippen LogP contribution in [0.5, 0.6) is 0 Å². The van der Waals surface area contributed by atoms with E-state index in [9.17, 15) is 4.79 Å². The Morgan fingerprint density at radius 2 is 1.75 bits per heavy atom. The lowest BCUT2D eigenvalue weighted by molar-refractivity contribution is 0.0776. The topological polar surface area (TPSA) is 46.3 Å². The van der Waals surface area contributed by atoms with Crippen LogP contribution < -0.4 is 5.73 Å². The average molecular weight is 261 g/mol. The van der Waals surface area contributed by atoms with Crippen molar-refractivity contribution in [2.24, 2.45) is 0 Å². The average Bonchev–Trinajstić information content (AvgIpc) is 2.28. The molecule has 0 heterocycles. The molecule has 0 unspecified atom stereocenters. The predicted octanol–water partition coefficient (Wildman–Crippen LogP) is 2.19. The highest BCUT2D eigenvalue weighted by atomic mass is 35.5. The molecular weight excluding hydrogens is 247 g/mol. The van der Waals surface area contributed by atoms with Gasteiger partial charge in [0.25, 0.3) is 5.91 Å². The van der Waals surface area contributed by atoms with E-state index in [2.05, 4.69) is 0 Å². The van der Waals surface area contributed by atoms with Crippen molar-refractivity contribution in [3.63, 3.8) is 0 Å². The van der Waals surface area contributed by atoms with E-state index in [4.69, 9.17) is 28.9 Å². The van der Waals surface area contributed by atoms with Crippen LogP contribution in [0.2, 0.25) is 0 Å². The van der Waals surface area contributed by atoms with E-state index in [1.54, 1.807) is 29.2 Å². The number of hydrogen-bond donors (Lipinski definition) is 1. The second-order valence-electron chi connectivity index (χ2n) is 3.26. The summed E-state index contributed by atoms with van der Waals surface area (Å²) in [5, 5.41) is 0. The number of nitrogens with two attached hydrogens (primary N) is 1. The number of anilines is 1. The molecule has 0 aromatic heterocycles. The minimum Gasteiger partial charge on any atom is -0.398 e. The van der Waals surface area contributed by atoms with Crippen molar-refractivity contribution >= 4 is 34.8 Å². The van der Waals surface area contributed by atoms with Crippen LogP contribution in [-0.4, -0.2) is 35.7 Å². The standard InChI is InChI=1S/C11H14Cl2N2O/c12-5-7-15(8-6-13)11(16)9-3-1-2-4-10(9)14/h1-4H,5-8,14H2. The molecule has 0 spiro atoms. The third kappa shape index (κ3) is 3.29. The number of amides is 1. The normalized spacial score (nSPS) is 10.1. The van der Waals surface area contributed by atoms with Crippen molar-refractivity contribution in [3.8, 4) is 0 Å². The van der Waals surface area contributed by atoms with Crippen LogP contribution in [0.15, 0.2) is 24.3 Å². The van der Waals surface area contributed by atoms with Crippen molar-refractivity contribution < 1.29 is 4.79 Å². The summed E-state index contributed by atoms with van der Waals surface area (Å²) >= 11 is 11.3. The summed E-state index contributed by atoms with van der Waals surface area (Å²) in [5.41, 5.74) is 6.71. The zero-order chi connectivity index (χ0) is 12.0. The smallest absolute Gasteiger partial charge is 0.256 e.